The van der Waals surface area contributed by atoms with Crippen molar-refractivity contribution in [2.24, 2.45) is 11.3 Å². The van der Waals surface area contributed by atoms with Gasteiger partial charge in [-0.25, -0.2) is 8.78 Å². The van der Waals surface area contributed by atoms with Crippen LogP contribution in [-0.4, -0.2) is 39.3 Å². The molecule has 1 aromatic carbocycles. The number of aromatic nitrogens is 3. The Hall–Kier alpha value is -3.16. The van der Waals surface area contributed by atoms with Crippen molar-refractivity contribution >= 4 is 5.91 Å². The highest BCUT2D eigenvalue weighted by atomic mass is 19.1. The molecule has 8 heteroatoms. The average molecular weight is 465 g/mol. The Balaban J connectivity index is 1.40. The summed E-state index contributed by atoms with van der Waals surface area (Å²) in [6, 6.07) is 7.28. The Morgan fingerprint density at radius 1 is 1.15 bits per heavy atom. The van der Waals surface area contributed by atoms with Gasteiger partial charge in [0.05, 0.1) is 23.1 Å². The number of halogens is 2. The van der Waals surface area contributed by atoms with Gasteiger partial charge in [0.2, 0.25) is 5.76 Å². The summed E-state index contributed by atoms with van der Waals surface area (Å²) in [6.07, 6.45) is 5.32. The zero-order valence-electron chi connectivity index (χ0n) is 19.2. The van der Waals surface area contributed by atoms with Crippen LogP contribution in [0.4, 0.5) is 8.78 Å². The Bertz CT molecular complexity index is 1260. The molecule has 6 nitrogen and oxygen atoms in total. The molecular weight excluding hydrogens is 438 g/mol. The fourth-order valence-electron chi connectivity index (χ4n) is 7.19. The van der Waals surface area contributed by atoms with Gasteiger partial charge in [0.1, 0.15) is 11.6 Å². The van der Waals surface area contributed by atoms with Crippen LogP contribution in [0.3, 0.4) is 0 Å². The molecular formula is C26H26F2N4O2. The Kier molecular flexibility index (Phi) is 4.66. The highest BCUT2D eigenvalue weighted by Gasteiger charge is 2.66. The fraction of sp³-hybridized carbons (Fsp3) is 0.462. The first-order valence-electron chi connectivity index (χ1n) is 11.9. The number of rotatable bonds is 3. The number of likely N-dealkylation sites (tertiary alicyclic amines) is 1. The van der Waals surface area contributed by atoms with E-state index in [1.165, 1.54) is 24.4 Å². The Labute approximate surface area is 196 Å². The van der Waals surface area contributed by atoms with E-state index in [1.807, 2.05) is 11.0 Å². The molecule has 3 heterocycles. The molecule has 3 aliphatic rings. The van der Waals surface area contributed by atoms with Crippen molar-refractivity contribution in [3.05, 3.63) is 65.2 Å². The second kappa shape index (κ2) is 7.42. The molecule has 1 aliphatic heterocycles. The van der Waals surface area contributed by atoms with Crippen molar-refractivity contribution in [1.29, 1.82) is 0 Å². The van der Waals surface area contributed by atoms with Crippen LogP contribution in [0.5, 0.6) is 0 Å². The standard InChI is InChI=1S/C26H26F2N4O2/c1-25(2)17-8-10-26(25,15-5-4-12-32(14-15)24(33)21-9-11-29-34-21)23-16(17)13-20(30-31-23)22-18(27)6-3-7-19(22)28/h3,6-7,9,11,13,15,17H,4-5,8,10,12,14H2,1-2H3. The highest BCUT2D eigenvalue weighted by Crippen LogP contribution is 2.70. The first-order valence-corrected chi connectivity index (χ1v) is 11.9. The predicted molar refractivity (Wildman–Crippen MR) is 120 cm³/mol. The molecule has 3 aromatic rings. The van der Waals surface area contributed by atoms with E-state index in [-0.39, 0.29) is 45.6 Å². The van der Waals surface area contributed by atoms with Gasteiger partial charge in [0, 0.05) is 24.6 Å². The van der Waals surface area contributed by atoms with Crippen molar-refractivity contribution in [3.63, 3.8) is 0 Å². The van der Waals surface area contributed by atoms with Gasteiger partial charge in [-0.3, -0.25) is 4.79 Å². The van der Waals surface area contributed by atoms with Gasteiger partial charge in [-0.05, 0) is 66.7 Å². The average Bonchev–Trinajstić information content (AvgIpc) is 3.50. The normalized spacial score (nSPS) is 27.1. The molecule has 0 spiro atoms. The zero-order chi connectivity index (χ0) is 23.7. The lowest BCUT2D eigenvalue weighted by molar-refractivity contribution is 0.0395. The summed E-state index contributed by atoms with van der Waals surface area (Å²) >= 11 is 0. The monoisotopic (exact) mass is 464 g/mol. The van der Waals surface area contributed by atoms with Crippen molar-refractivity contribution < 1.29 is 18.1 Å². The summed E-state index contributed by atoms with van der Waals surface area (Å²) in [6.45, 7) is 5.83. The number of hydrogen-bond donors (Lipinski definition) is 0. The summed E-state index contributed by atoms with van der Waals surface area (Å²) < 4.78 is 34.1. The third kappa shape index (κ3) is 2.77. The van der Waals surface area contributed by atoms with E-state index in [0.29, 0.717) is 13.1 Å². The van der Waals surface area contributed by atoms with E-state index in [9.17, 15) is 13.6 Å². The van der Waals surface area contributed by atoms with Crippen LogP contribution in [0, 0.1) is 23.0 Å². The van der Waals surface area contributed by atoms with Gasteiger partial charge >= 0.3 is 0 Å². The van der Waals surface area contributed by atoms with E-state index in [1.54, 1.807) is 6.07 Å². The minimum absolute atomic E-state index is 0.112. The van der Waals surface area contributed by atoms with Crippen molar-refractivity contribution in [2.75, 3.05) is 13.1 Å². The topological polar surface area (TPSA) is 72.1 Å². The molecule has 1 saturated carbocycles. The summed E-state index contributed by atoms with van der Waals surface area (Å²) in [5.41, 5.74) is 1.73. The van der Waals surface area contributed by atoms with E-state index < -0.39 is 11.6 Å². The van der Waals surface area contributed by atoms with E-state index in [0.717, 1.165) is 36.9 Å². The van der Waals surface area contributed by atoms with Gasteiger partial charge in [-0.1, -0.05) is 25.1 Å². The number of nitrogens with zero attached hydrogens (tertiary/aromatic N) is 4. The van der Waals surface area contributed by atoms with Gasteiger partial charge in [0.15, 0.2) is 0 Å². The summed E-state index contributed by atoms with van der Waals surface area (Å²) in [5.74, 6) is -0.724. The highest BCUT2D eigenvalue weighted by molar-refractivity contribution is 5.91. The van der Waals surface area contributed by atoms with Gasteiger partial charge in [-0.2, -0.15) is 10.2 Å². The minimum atomic E-state index is -0.639. The fourth-order valence-corrected chi connectivity index (χ4v) is 7.19. The van der Waals surface area contributed by atoms with Crippen LogP contribution in [-0.2, 0) is 5.41 Å². The van der Waals surface area contributed by atoms with Crippen LogP contribution in [0.15, 0.2) is 41.1 Å². The third-order valence-electron chi connectivity index (χ3n) is 8.74. The first-order chi connectivity index (χ1) is 16.3. The van der Waals surface area contributed by atoms with Gasteiger partial charge in [0.25, 0.3) is 5.91 Å². The second-order valence-electron chi connectivity index (χ2n) is 10.4. The molecule has 2 aliphatic carbocycles. The number of fused-ring (bicyclic) bond motifs is 5. The lowest BCUT2D eigenvalue weighted by Gasteiger charge is -2.48. The summed E-state index contributed by atoms with van der Waals surface area (Å²) in [4.78, 5) is 14.9. The molecule has 6 rings (SSSR count). The minimum Gasteiger partial charge on any atom is -0.351 e. The zero-order valence-corrected chi connectivity index (χ0v) is 19.2. The Morgan fingerprint density at radius 3 is 2.68 bits per heavy atom. The van der Waals surface area contributed by atoms with Crippen LogP contribution < -0.4 is 0 Å². The van der Waals surface area contributed by atoms with Crippen LogP contribution in [0.25, 0.3) is 11.3 Å². The van der Waals surface area contributed by atoms with Gasteiger partial charge < -0.3 is 9.42 Å². The summed E-state index contributed by atoms with van der Waals surface area (Å²) in [5, 5.41) is 12.7. The van der Waals surface area contributed by atoms with Crippen molar-refractivity contribution in [1.82, 2.24) is 20.3 Å². The molecule has 2 aromatic heterocycles. The molecule has 3 unspecified atom stereocenters. The number of carbonyl (C=O) groups is 1. The molecule has 0 radical (unpaired) electrons. The van der Waals surface area contributed by atoms with Crippen LogP contribution in [0.1, 0.15) is 67.3 Å². The van der Waals surface area contributed by atoms with Crippen LogP contribution >= 0.6 is 0 Å². The smallest absolute Gasteiger partial charge is 0.292 e. The molecule has 1 saturated heterocycles. The van der Waals surface area contributed by atoms with E-state index >= 15 is 0 Å². The first kappa shape index (κ1) is 21.4. The second-order valence-corrected chi connectivity index (χ2v) is 10.4. The lowest BCUT2D eigenvalue weighted by atomic mass is 9.59. The van der Waals surface area contributed by atoms with Crippen molar-refractivity contribution in [3.8, 4) is 11.3 Å². The lowest BCUT2D eigenvalue weighted by Crippen LogP contribution is -2.51. The predicted octanol–water partition coefficient (Wildman–Crippen LogP) is 5.12. The number of amides is 1. The maximum Gasteiger partial charge on any atom is 0.292 e. The summed E-state index contributed by atoms with van der Waals surface area (Å²) in [7, 11) is 0. The molecule has 2 bridgehead atoms. The molecule has 34 heavy (non-hydrogen) atoms. The largest absolute Gasteiger partial charge is 0.351 e. The molecule has 1 amide bonds. The quantitative estimate of drug-likeness (QED) is 0.538. The molecule has 3 atom stereocenters. The number of hydrogen-bond acceptors (Lipinski definition) is 5. The maximum absolute atomic E-state index is 14.5. The Morgan fingerprint density at radius 2 is 1.94 bits per heavy atom. The molecule has 0 N–H and O–H groups in total. The number of benzene rings is 1. The third-order valence-corrected chi connectivity index (χ3v) is 8.74. The van der Waals surface area contributed by atoms with Crippen LogP contribution in [0.2, 0.25) is 0 Å². The van der Waals surface area contributed by atoms with E-state index in [4.69, 9.17) is 4.52 Å². The SMILES string of the molecule is CC1(C)C2CCC1(C1CCCN(C(=O)c3ccno3)C1)c1nnc(-c3c(F)cccc3F)cc12. The number of carbonyl (C=O) groups excluding carboxylic acids is 1. The maximum atomic E-state index is 14.5. The number of piperidine rings is 1. The van der Waals surface area contributed by atoms with Gasteiger partial charge in [-0.15, -0.1) is 0 Å². The molecule has 2 fully saturated rings. The molecule has 176 valence electrons. The van der Waals surface area contributed by atoms with E-state index in [2.05, 4.69) is 29.2 Å². The van der Waals surface area contributed by atoms with Crippen molar-refractivity contribution in [2.45, 2.75) is 50.9 Å².